The van der Waals surface area contributed by atoms with E-state index in [2.05, 4.69) is 13.8 Å². The lowest BCUT2D eigenvalue weighted by atomic mass is 10.1. The summed E-state index contributed by atoms with van der Waals surface area (Å²) in [5.41, 5.74) is 0. The summed E-state index contributed by atoms with van der Waals surface area (Å²) in [7, 11) is -0.885. The maximum atomic E-state index is 11.9. The van der Waals surface area contributed by atoms with Crippen LogP contribution in [-0.4, -0.2) is 12.3 Å². The quantitative estimate of drug-likeness (QED) is 0.216. The summed E-state index contributed by atoms with van der Waals surface area (Å²) in [5, 5.41) is 0. The van der Waals surface area contributed by atoms with E-state index in [1.165, 1.54) is 89.9 Å². The summed E-state index contributed by atoms with van der Waals surface area (Å²) in [4.78, 5) is 0. The van der Waals surface area contributed by atoms with Crippen LogP contribution in [0.5, 0.6) is 0 Å². The molecular weight excluding hydrogens is 263 g/mol. The van der Waals surface area contributed by atoms with Crippen LogP contribution in [0, 0.1) is 0 Å². The third-order valence-corrected chi connectivity index (χ3v) is 5.65. The van der Waals surface area contributed by atoms with Crippen LogP contribution in [0.15, 0.2) is 0 Å². The molecule has 0 aromatic carbocycles. The zero-order valence-electron chi connectivity index (χ0n) is 14.2. The molecule has 0 fully saturated rings. The molecule has 0 aliphatic rings. The molecule has 0 bridgehead atoms. The highest BCUT2D eigenvalue weighted by molar-refractivity contribution is 7.44. The van der Waals surface area contributed by atoms with Gasteiger partial charge in [0, 0.05) is 12.3 Å². The molecule has 0 amide bonds. The zero-order valence-corrected chi connectivity index (χ0v) is 15.1. The first-order valence-corrected chi connectivity index (χ1v) is 10.9. The van der Waals surface area contributed by atoms with Gasteiger partial charge in [-0.2, -0.15) is 0 Å². The monoisotopic (exact) mass is 301 g/mol. The van der Waals surface area contributed by atoms with Gasteiger partial charge in [0.15, 0.2) is 0 Å². The van der Waals surface area contributed by atoms with Crippen LogP contribution in [0.25, 0.3) is 0 Å². The van der Waals surface area contributed by atoms with Crippen LogP contribution >= 0.6 is 7.80 Å². The Balaban J connectivity index is 3.12. The molecule has 1 radical (unpaired) electrons. The molecule has 0 saturated carbocycles. The van der Waals surface area contributed by atoms with E-state index in [1.807, 2.05) is 0 Å². The van der Waals surface area contributed by atoms with Gasteiger partial charge in [-0.3, -0.25) is 4.57 Å². The number of rotatable bonds is 16. The summed E-state index contributed by atoms with van der Waals surface area (Å²) in [5.74, 6) is 0. The smallest absolute Gasteiger partial charge is 0.0718 e. The standard InChI is InChI=1S/C18H38OP/c1-3-5-7-9-11-12-14-16-18-20(19)17-15-13-10-8-6-4-2/h3-18H2,1-2H3. The van der Waals surface area contributed by atoms with Crippen molar-refractivity contribution in [2.75, 3.05) is 12.3 Å². The Morgan fingerprint density at radius 2 is 0.800 bits per heavy atom. The molecule has 2 heteroatoms. The molecular formula is C18H38OP. The lowest BCUT2D eigenvalue weighted by Crippen LogP contribution is -1.87. The van der Waals surface area contributed by atoms with E-state index < -0.39 is 7.80 Å². The Bertz CT molecular complexity index is 204. The minimum atomic E-state index is -0.885. The van der Waals surface area contributed by atoms with Crippen molar-refractivity contribution in [2.45, 2.75) is 104 Å². The normalized spacial score (nSPS) is 11.8. The van der Waals surface area contributed by atoms with Gasteiger partial charge in [0.1, 0.15) is 0 Å². The van der Waals surface area contributed by atoms with Gasteiger partial charge in [-0.05, 0) is 12.8 Å². The first-order chi connectivity index (χ1) is 9.81. The molecule has 121 valence electrons. The van der Waals surface area contributed by atoms with Crippen molar-refractivity contribution in [3.8, 4) is 0 Å². The predicted molar refractivity (Wildman–Crippen MR) is 93.3 cm³/mol. The zero-order chi connectivity index (χ0) is 14.9. The molecule has 20 heavy (non-hydrogen) atoms. The third-order valence-electron chi connectivity index (χ3n) is 4.02. The molecule has 0 spiro atoms. The maximum Gasteiger partial charge on any atom is 0.0718 e. The maximum absolute atomic E-state index is 11.9. The molecule has 1 nitrogen and oxygen atoms in total. The van der Waals surface area contributed by atoms with Crippen LogP contribution in [0.4, 0.5) is 0 Å². The highest BCUT2D eigenvalue weighted by Crippen LogP contribution is 2.25. The largest absolute Gasteiger partial charge is 0.287 e. The summed E-state index contributed by atoms with van der Waals surface area (Å²) in [6.07, 6.45) is 20.6. The summed E-state index contributed by atoms with van der Waals surface area (Å²) < 4.78 is 11.9. The Kier molecular flexibility index (Phi) is 17.2. The Labute approximate surface area is 129 Å². The van der Waals surface area contributed by atoms with Crippen LogP contribution in [0.2, 0.25) is 0 Å². The van der Waals surface area contributed by atoms with E-state index >= 15 is 0 Å². The molecule has 1 atom stereocenters. The van der Waals surface area contributed by atoms with Crippen molar-refractivity contribution in [1.82, 2.24) is 0 Å². The molecule has 0 saturated heterocycles. The highest BCUT2D eigenvalue weighted by Gasteiger charge is 2.00. The van der Waals surface area contributed by atoms with Crippen molar-refractivity contribution in [1.29, 1.82) is 0 Å². The molecule has 0 N–H and O–H groups in total. The second-order valence-electron chi connectivity index (χ2n) is 6.17. The summed E-state index contributed by atoms with van der Waals surface area (Å²) in [6, 6.07) is 0. The molecule has 0 aliphatic carbocycles. The average molecular weight is 301 g/mol. The molecule has 0 rings (SSSR count). The first kappa shape index (κ1) is 20.1. The van der Waals surface area contributed by atoms with Crippen LogP contribution < -0.4 is 0 Å². The van der Waals surface area contributed by atoms with Gasteiger partial charge in [0.2, 0.25) is 0 Å². The van der Waals surface area contributed by atoms with E-state index in [9.17, 15) is 4.57 Å². The SMILES string of the molecule is CCCCCCCCCC[P](=O)CCCCCCCC. The Morgan fingerprint density at radius 1 is 0.500 bits per heavy atom. The van der Waals surface area contributed by atoms with E-state index in [-0.39, 0.29) is 0 Å². The van der Waals surface area contributed by atoms with E-state index in [1.54, 1.807) is 0 Å². The summed E-state index contributed by atoms with van der Waals surface area (Å²) in [6.45, 7) is 4.51. The number of unbranched alkanes of at least 4 members (excludes halogenated alkanes) is 12. The highest BCUT2D eigenvalue weighted by atomic mass is 31.1. The fraction of sp³-hybridized carbons (Fsp3) is 1.00. The average Bonchev–Trinajstić information content (AvgIpc) is 2.45. The van der Waals surface area contributed by atoms with Gasteiger partial charge in [0.25, 0.3) is 0 Å². The van der Waals surface area contributed by atoms with Crippen LogP contribution in [0.3, 0.4) is 0 Å². The first-order valence-electron chi connectivity index (χ1n) is 9.23. The van der Waals surface area contributed by atoms with E-state index in [0.29, 0.717) is 0 Å². The van der Waals surface area contributed by atoms with Gasteiger partial charge < -0.3 is 0 Å². The molecule has 0 heterocycles. The molecule has 0 aliphatic heterocycles. The minimum absolute atomic E-state index is 0.885. The van der Waals surface area contributed by atoms with Gasteiger partial charge >= 0.3 is 0 Å². The van der Waals surface area contributed by atoms with Crippen molar-refractivity contribution >= 4 is 7.80 Å². The fourth-order valence-corrected chi connectivity index (χ4v) is 3.98. The van der Waals surface area contributed by atoms with Crippen molar-refractivity contribution in [2.24, 2.45) is 0 Å². The third kappa shape index (κ3) is 16.2. The van der Waals surface area contributed by atoms with E-state index in [0.717, 1.165) is 12.3 Å². The summed E-state index contributed by atoms with van der Waals surface area (Å²) >= 11 is 0. The van der Waals surface area contributed by atoms with Gasteiger partial charge in [-0.25, -0.2) is 0 Å². The predicted octanol–water partition coefficient (Wildman–Crippen LogP) is 7.32. The lowest BCUT2D eigenvalue weighted by Gasteiger charge is -2.03. The number of hydrogen-bond donors (Lipinski definition) is 0. The molecule has 0 aromatic heterocycles. The number of hydrogen-bond acceptors (Lipinski definition) is 1. The van der Waals surface area contributed by atoms with E-state index in [4.69, 9.17) is 0 Å². The molecule has 1 unspecified atom stereocenters. The van der Waals surface area contributed by atoms with Crippen molar-refractivity contribution < 1.29 is 4.57 Å². The molecule has 0 aromatic rings. The second kappa shape index (κ2) is 17.2. The van der Waals surface area contributed by atoms with Crippen molar-refractivity contribution in [3.05, 3.63) is 0 Å². The van der Waals surface area contributed by atoms with Gasteiger partial charge in [0.05, 0.1) is 7.80 Å². The van der Waals surface area contributed by atoms with Crippen LogP contribution in [0.1, 0.15) is 104 Å². The lowest BCUT2D eigenvalue weighted by molar-refractivity contribution is 0.569. The fourth-order valence-electron chi connectivity index (χ4n) is 2.60. The van der Waals surface area contributed by atoms with Gasteiger partial charge in [-0.15, -0.1) is 0 Å². The van der Waals surface area contributed by atoms with Crippen LogP contribution in [-0.2, 0) is 4.57 Å². The van der Waals surface area contributed by atoms with Gasteiger partial charge in [-0.1, -0.05) is 90.9 Å². The Morgan fingerprint density at radius 3 is 1.15 bits per heavy atom. The minimum Gasteiger partial charge on any atom is -0.287 e. The topological polar surface area (TPSA) is 17.1 Å². The second-order valence-corrected chi connectivity index (χ2v) is 8.03. The Hall–Kier alpha value is 0.100. The van der Waals surface area contributed by atoms with Crippen molar-refractivity contribution in [3.63, 3.8) is 0 Å².